The maximum atomic E-state index is 14.3. The molecule has 6 rings (SSSR count). The van der Waals surface area contributed by atoms with Crippen LogP contribution in [0.15, 0.2) is 59.9 Å². The van der Waals surface area contributed by atoms with Crippen LogP contribution in [0.3, 0.4) is 0 Å². The summed E-state index contributed by atoms with van der Waals surface area (Å²) >= 11 is 0. The number of nitrogens with zero attached hydrogens (tertiary/aromatic N) is 6. The molecule has 8 nitrogen and oxygen atoms in total. The van der Waals surface area contributed by atoms with E-state index in [9.17, 15) is 9.18 Å². The van der Waals surface area contributed by atoms with Crippen LogP contribution >= 0.6 is 0 Å². The number of hydrogen-bond acceptors (Lipinski definition) is 4. The number of aromatic nitrogens is 6. The molecule has 172 valence electrons. The van der Waals surface area contributed by atoms with Gasteiger partial charge >= 0.3 is 5.69 Å². The number of fused-ring (bicyclic) bond motifs is 1. The normalized spacial score (nSPS) is 14.1. The van der Waals surface area contributed by atoms with Crippen LogP contribution in [-0.2, 0) is 7.05 Å². The highest BCUT2D eigenvalue weighted by molar-refractivity contribution is 5.80. The van der Waals surface area contributed by atoms with Gasteiger partial charge in [-0.1, -0.05) is 0 Å². The van der Waals surface area contributed by atoms with Crippen LogP contribution in [-0.4, -0.2) is 41.8 Å². The predicted molar refractivity (Wildman–Crippen MR) is 128 cm³/mol. The monoisotopic (exact) mass is 457 g/mol. The van der Waals surface area contributed by atoms with E-state index in [1.807, 2.05) is 31.4 Å². The number of aryl methyl sites for hydroxylation is 3. The molecule has 0 radical (unpaired) electrons. The van der Waals surface area contributed by atoms with E-state index >= 15 is 0 Å². The Balaban J connectivity index is 1.52. The van der Waals surface area contributed by atoms with E-state index in [0.717, 1.165) is 40.9 Å². The Bertz CT molecular complexity index is 1590. The van der Waals surface area contributed by atoms with E-state index in [0.29, 0.717) is 16.9 Å². The molecule has 1 saturated heterocycles. The zero-order valence-electron chi connectivity index (χ0n) is 19.2. The summed E-state index contributed by atoms with van der Waals surface area (Å²) in [6.07, 6.45) is 7.14. The van der Waals surface area contributed by atoms with Gasteiger partial charge in [0, 0.05) is 49.4 Å². The minimum atomic E-state index is -0.227. The fourth-order valence-corrected chi connectivity index (χ4v) is 4.66. The second-order valence-corrected chi connectivity index (χ2v) is 8.92. The lowest BCUT2D eigenvalue weighted by molar-refractivity contribution is 0.447. The Morgan fingerprint density at radius 2 is 1.71 bits per heavy atom. The molecule has 9 heteroatoms. The summed E-state index contributed by atoms with van der Waals surface area (Å²) in [5, 5.41) is 13.2. The van der Waals surface area contributed by atoms with Gasteiger partial charge < -0.3 is 5.32 Å². The van der Waals surface area contributed by atoms with Crippen LogP contribution in [0.25, 0.3) is 28.1 Å². The molecule has 0 spiro atoms. The van der Waals surface area contributed by atoms with E-state index in [-0.39, 0.29) is 17.4 Å². The zero-order chi connectivity index (χ0) is 23.6. The van der Waals surface area contributed by atoms with Crippen LogP contribution < -0.4 is 11.0 Å². The lowest BCUT2D eigenvalue weighted by Crippen LogP contribution is -2.40. The van der Waals surface area contributed by atoms with Gasteiger partial charge in [-0.3, -0.25) is 13.8 Å². The average molecular weight is 458 g/mol. The maximum Gasteiger partial charge on any atom is 0.338 e. The molecule has 0 atom stereocenters. The van der Waals surface area contributed by atoms with Crippen LogP contribution in [0.2, 0.25) is 0 Å². The van der Waals surface area contributed by atoms with Gasteiger partial charge in [-0.05, 0) is 55.3 Å². The number of hydrogen-bond donors (Lipinski definition) is 1. The van der Waals surface area contributed by atoms with Crippen molar-refractivity contribution < 1.29 is 4.39 Å². The molecular weight excluding hydrogens is 433 g/mol. The molecule has 3 aromatic heterocycles. The van der Waals surface area contributed by atoms with Gasteiger partial charge in [0.25, 0.3) is 0 Å². The molecule has 5 aromatic rings. The summed E-state index contributed by atoms with van der Waals surface area (Å²) in [7, 11) is 1.89. The molecular formula is C25H24FN7O. The minimum Gasteiger partial charge on any atom is -0.315 e. The lowest BCUT2D eigenvalue weighted by atomic mass is 9.96. The Morgan fingerprint density at radius 3 is 2.41 bits per heavy atom. The third-order valence-electron chi connectivity index (χ3n) is 6.67. The summed E-state index contributed by atoms with van der Waals surface area (Å²) in [6, 6.07) is 9.35. The Morgan fingerprint density at radius 1 is 0.971 bits per heavy atom. The van der Waals surface area contributed by atoms with Crippen LogP contribution in [0, 0.1) is 19.7 Å². The number of nitrogens with one attached hydrogen (secondary N) is 1. The second kappa shape index (κ2) is 7.53. The molecule has 2 aromatic carbocycles. The molecule has 1 aliphatic rings. The first-order valence-electron chi connectivity index (χ1n) is 11.2. The van der Waals surface area contributed by atoms with Crippen LogP contribution in [0.1, 0.15) is 22.6 Å². The topological polar surface area (TPSA) is 74.6 Å². The van der Waals surface area contributed by atoms with E-state index in [4.69, 9.17) is 0 Å². The highest BCUT2D eigenvalue weighted by Crippen LogP contribution is 2.29. The third kappa shape index (κ3) is 3.04. The number of rotatable bonds is 4. The van der Waals surface area contributed by atoms with Gasteiger partial charge in [0.05, 0.1) is 29.3 Å². The Labute approximate surface area is 194 Å². The molecule has 34 heavy (non-hydrogen) atoms. The third-order valence-corrected chi connectivity index (χ3v) is 6.67. The van der Waals surface area contributed by atoms with Crippen LogP contribution in [0.5, 0.6) is 0 Å². The van der Waals surface area contributed by atoms with E-state index in [1.165, 1.54) is 0 Å². The first-order chi connectivity index (χ1) is 16.4. The van der Waals surface area contributed by atoms with Crippen molar-refractivity contribution >= 4 is 10.9 Å². The fourth-order valence-electron chi connectivity index (χ4n) is 4.66. The van der Waals surface area contributed by atoms with Crippen molar-refractivity contribution in [2.45, 2.75) is 19.8 Å². The molecule has 0 bridgehead atoms. The molecule has 1 aliphatic heterocycles. The summed E-state index contributed by atoms with van der Waals surface area (Å²) < 4.78 is 21.1. The predicted octanol–water partition coefficient (Wildman–Crippen LogP) is 3.14. The second-order valence-electron chi connectivity index (χ2n) is 8.92. The van der Waals surface area contributed by atoms with Crippen molar-refractivity contribution in [3.05, 3.63) is 88.1 Å². The van der Waals surface area contributed by atoms with Crippen LogP contribution in [0.4, 0.5) is 4.39 Å². The molecule has 0 aliphatic carbocycles. The van der Waals surface area contributed by atoms with Crippen molar-refractivity contribution in [2.24, 2.45) is 7.05 Å². The van der Waals surface area contributed by atoms with Gasteiger partial charge in [0.1, 0.15) is 11.6 Å². The van der Waals surface area contributed by atoms with E-state index in [2.05, 4.69) is 15.5 Å². The molecule has 0 saturated carbocycles. The fraction of sp³-hybridized carbons (Fsp3) is 0.240. The van der Waals surface area contributed by atoms with E-state index in [1.54, 1.807) is 63.1 Å². The zero-order valence-corrected chi connectivity index (χ0v) is 19.2. The molecule has 1 N–H and O–H groups in total. The van der Waals surface area contributed by atoms with Gasteiger partial charge in [-0.2, -0.15) is 10.2 Å². The standard InChI is InChI=1S/C25H24FN7O/c1-15-8-20(9-16(2)23(15)26)33-24(21(14-29-33)18-11-27-12-18)32-7-6-31(25(32)34)19-4-5-22-17(10-19)13-28-30(22)3/h4-10,13-14,18,27H,11-12H2,1-3H3. The van der Waals surface area contributed by atoms with Crippen molar-refractivity contribution in [3.8, 4) is 17.2 Å². The van der Waals surface area contributed by atoms with Crippen molar-refractivity contribution in [3.63, 3.8) is 0 Å². The number of halogens is 1. The van der Waals surface area contributed by atoms with E-state index < -0.39 is 0 Å². The maximum absolute atomic E-state index is 14.3. The summed E-state index contributed by atoms with van der Waals surface area (Å²) in [6.45, 7) is 5.13. The summed E-state index contributed by atoms with van der Waals surface area (Å²) in [5.41, 5.74) is 4.35. The first-order valence-corrected chi connectivity index (χ1v) is 11.2. The molecule has 0 unspecified atom stereocenters. The quantitative estimate of drug-likeness (QED) is 0.450. The average Bonchev–Trinajstić information content (AvgIpc) is 3.47. The number of imidazole rings is 1. The van der Waals surface area contributed by atoms with Crippen molar-refractivity contribution in [1.29, 1.82) is 0 Å². The molecule has 1 fully saturated rings. The van der Waals surface area contributed by atoms with Gasteiger partial charge in [0.15, 0.2) is 0 Å². The van der Waals surface area contributed by atoms with Crippen molar-refractivity contribution in [1.82, 2.24) is 34.0 Å². The highest BCUT2D eigenvalue weighted by atomic mass is 19.1. The van der Waals surface area contributed by atoms with Gasteiger partial charge in [0.2, 0.25) is 0 Å². The Kier molecular flexibility index (Phi) is 4.56. The van der Waals surface area contributed by atoms with Gasteiger partial charge in [-0.15, -0.1) is 0 Å². The largest absolute Gasteiger partial charge is 0.338 e. The molecule has 0 amide bonds. The SMILES string of the molecule is Cc1cc(-n2ncc(C3CNC3)c2-n2ccn(-c3ccc4c(cnn4C)c3)c2=O)cc(C)c1F. The van der Waals surface area contributed by atoms with Crippen molar-refractivity contribution in [2.75, 3.05) is 13.1 Å². The summed E-state index contributed by atoms with van der Waals surface area (Å²) in [4.78, 5) is 13.7. The highest BCUT2D eigenvalue weighted by Gasteiger charge is 2.28. The smallest absolute Gasteiger partial charge is 0.315 e. The van der Waals surface area contributed by atoms with Gasteiger partial charge in [-0.25, -0.2) is 13.9 Å². The number of benzene rings is 2. The lowest BCUT2D eigenvalue weighted by Gasteiger charge is -2.27. The first kappa shape index (κ1) is 20.6. The summed E-state index contributed by atoms with van der Waals surface area (Å²) in [5.74, 6) is 0.714. The minimum absolute atomic E-state index is 0.200. The Hall–Kier alpha value is -3.98. The molecule has 4 heterocycles.